The van der Waals surface area contributed by atoms with E-state index in [0.29, 0.717) is 0 Å². The minimum atomic E-state index is 0.816. The minimum Gasteiger partial charge on any atom is -0.490 e. The van der Waals surface area contributed by atoms with Gasteiger partial charge in [0.2, 0.25) is 0 Å². The van der Waals surface area contributed by atoms with Crippen LogP contribution in [0, 0.1) is 5.92 Å². The van der Waals surface area contributed by atoms with Crippen molar-refractivity contribution in [2.24, 2.45) is 5.92 Å². The molecule has 0 saturated heterocycles. The van der Waals surface area contributed by atoms with Crippen LogP contribution in [-0.4, -0.2) is 19.7 Å². The van der Waals surface area contributed by atoms with E-state index in [-0.39, 0.29) is 0 Å². The van der Waals surface area contributed by atoms with E-state index < -0.39 is 0 Å². The molecule has 3 heteroatoms. The average Bonchev–Trinajstić information content (AvgIpc) is 2.82. The molecule has 1 saturated carbocycles. The van der Waals surface area contributed by atoms with Gasteiger partial charge in [0.15, 0.2) is 0 Å². The first kappa shape index (κ1) is 11.4. The van der Waals surface area contributed by atoms with Gasteiger partial charge in [-0.05, 0) is 37.0 Å². The highest BCUT2D eigenvalue weighted by Crippen LogP contribution is 2.36. The van der Waals surface area contributed by atoms with Gasteiger partial charge in [0.25, 0.3) is 0 Å². The molecule has 1 aliphatic heterocycles. The van der Waals surface area contributed by atoms with E-state index in [0.717, 1.165) is 29.3 Å². The summed E-state index contributed by atoms with van der Waals surface area (Å²) in [6, 6.07) is 6.36. The molecule has 0 unspecified atom stereocenters. The molecule has 2 nitrogen and oxygen atoms in total. The Kier molecular flexibility index (Phi) is 3.28. The minimum absolute atomic E-state index is 0.816. The molecule has 1 fully saturated rings. The van der Waals surface area contributed by atoms with Gasteiger partial charge in [0.05, 0.1) is 12.2 Å². The summed E-state index contributed by atoms with van der Waals surface area (Å²) >= 11 is 3.50. The second-order valence-electron chi connectivity index (χ2n) is 5.06. The lowest BCUT2D eigenvalue weighted by molar-refractivity contribution is 0.302. The molecule has 0 amide bonds. The van der Waals surface area contributed by atoms with Gasteiger partial charge in [0, 0.05) is 11.0 Å². The molecule has 0 N–H and O–H groups in total. The van der Waals surface area contributed by atoms with Crippen LogP contribution in [0.5, 0.6) is 5.75 Å². The van der Waals surface area contributed by atoms with Crippen LogP contribution >= 0.6 is 15.9 Å². The molecule has 0 radical (unpaired) electrons. The zero-order valence-corrected chi connectivity index (χ0v) is 11.6. The van der Waals surface area contributed by atoms with Crippen molar-refractivity contribution in [2.45, 2.75) is 25.7 Å². The van der Waals surface area contributed by atoms with Gasteiger partial charge in [-0.1, -0.05) is 28.8 Å². The standard InChI is InChI=1S/C14H18BrNO/c15-12-5-6-13-14(9-12)17-8-7-16(13)10-11-3-1-2-4-11/h5-6,9,11H,1-4,7-8,10H2. The van der Waals surface area contributed by atoms with Crippen molar-refractivity contribution in [2.75, 3.05) is 24.6 Å². The largest absolute Gasteiger partial charge is 0.490 e. The molecule has 0 bridgehead atoms. The summed E-state index contributed by atoms with van der Waals surface area (Å²) in [4.78, 5) is 2.50. The van der Waals surface area contributed by atoms with Gasteiger partial charge in [0.1, 0.15) is 12.4 Å². The highest BCUT2D eigenvalue weighted by molar-refractivity contribution is 9.10. The maximum atomic E-state index is 5.73. The van der Waals surface area contributed by atoms with Crippen molar-refractivity contribution < 1.29 is 4.74 Å². The molecule has 1 aromatic carbocycles. The van der Waals surface area contributed by atoms with Crippen LogP contribution < -0.4 is 9.64 Å². The number of hydrogen-bond donors (Lipinski definition) is 0. The number of nitrogens with zero attached hydrogens (tertiary/aromatic N) is 1. The van der Waals surface area contributed by atoms with E-state index in [1.807, 2.05) is 0 Å². The predicted molar refractivity (Wildman–Crippen MR) is 73.8 cm³/mol. The predicted octanol–water partition coefficient (Wildman–Crippen LogP) is 3.84. The number of rotatable bonds is 2. The molecule has 92 valence electrons. The summed E-state index contributed by atoms with van der Waals surface area (Å²) in [7, 11) is 0. The van der Waals surface area contributed by atoms with Crippen LogP contribution in [0.3, 0.4) is 0 Å². The van der Waals surface area contributed by atoms with Crippen molar-refractivity contribution in [3.63, 3.8) is 0 Å². The Bertz CT molecular complexity index is 401. The summed E-state index contributed by atoms with van der Waals surface area (Å²) in [5, 5.41) is 0. The van der Waals surface area contributed by atoms with Crippen LogP contribution in [0.1, 0.15) is 25.7 Å². The third kappa shape index (κ3) is 2.44. The van der Waals surface area contributed by atoms with Crippen molar-refractivity contribution in [1.82, 2.24) is 0 Å². The fraction of sp³-hybridized carbons (Fsp3) is 0.571. The van der Waals surface area contributed by atoms with Crippen LogP contribution in [0.15, 0.2) is 22.7 Å². The molecular weight excluding hydrogens is 278 g/mol. The molecule has 3 rings (SSSR count). The average molecular weight is 296 g/mol. The Morgan fingerprint density at radius 2 is 2.12 bits per heavy atom. The van der Waals surface area contributed by atoms with Gasteiger partial charge >= 0.3 is 0 Å². The number of benzene rings is 1. The number of halogens is 1. The molecule has 0 aromatic heterocycles. The van der Waals surface area contributed by atoms with E-state index in [1.165, 1.54) is 37.9 Å². The Morgan fingerprint density at radius 1 is 1.29 bits per heavy atom. The Labute approximate surface area is 111 Å². The fourth-order valence-electron chi connectivity index (χ4n) is 2.95. The summed E-state index contributed by atoms with van der Waals surface area (Å²) < 4.78 is 6.82. The summed E-state index contributed by atoms with van der Waals surface area (Å²) in [6.07, 6.45) is 5.65. The molecule has 0 atom stereocenters. The van der Waals surface area contributed by atoms with Gasteiger partial charge in [-0.25, -0.2) is 0 Å². The van der Waals surface area contributed by atoms with E-state index in [2.05, 4.69) is 39.0 Å². The zero-order valence-electron chi connectivity index (χ0n) is 9.99. The number of ether oxygens (including phenoxy) is 1. The summed E-state index contributed by atoms with van der Waals surface area (Å²) in [6.45, 7) is 3.05. The molecular formula is C14H18BrNO. The van der Waals surface area contributed by atoms with Crippen LogP contribution in [0.2, 0.25) is 0 Å². The maximum absolute atomic E-state index is 5.73. The van der Waals surface area contributed by atoms with E-state index in [1.54, 1.807) is 0 Å². The fourth-order valence-corrected chi connectivity index (χ4v) is 3.29. The molecule has 1 aliphatic carbocycles. The first-order valence-electron chi connectivity index (χ1n) is 6.50. The Balaban J connectivity index is 1.78. The smallest absolute Gasteiger partial charge is 0.143 e. The van der Waals surface area contributed by atoms with Crippen molar-refractivity contribution in [3.8, 4) is 5.75 Å². The monoisotopic (exact) mass is 295 g/mol. The zero-order chi connectivity index (χ0) is 11.7. The quantitative estimate of drug-likeness (QED) is 0.822. The Morgan fingerprint density at radius 3 is 2.94 bits per heavy atom. The Hall–Kier alpha value is -0.700. The maximum Gasteiger partial charge on any atom is 0.143 e. The number of anilines is 1. The van der Waals surface area contributed by atoms with Crippen LogP contribution in [0.4, 0.5) is 5.69 Å². The number of hydrogen-bond acceptors (Lipinski definition) is 2. The second-order valence-corrected chi connectivity index (χ2v) is 5.97. The highest BCUT2D eigenvalue weighted by atomic mass is 79.9. The normalized spacial score (nSPS) is 20.2. The highest BCUT2D eigenvalue weighted by Gasteiger charge is 2.23. The first-order chi connectivity index (χ1) is 8.33. The SMILES string of the molecule is Brc1ccc2c(c1)OCCN2CC1CCCC1. The van der Waals surface area contributed by atoms with Gasteiger partial charge in [-0.3, -0.25) is 0 Å². The summed E-state index contributed by atoms with van der Waals surface area (Å²) in [5.74, 6) is 1.92. The third-order valence-corrected chi connectivity index (χ3v) is 4.33. The van der Waals surface area contributed by atoms with E-state index in [4.69, 9.17) is 4.74 Å². The van der Waals surface area contributed by atoms with E-state index >= 15 is 0 Å². The van der Waals surface area contributed by atoms with Gasteiger partial charge in [-0.15, -0.1) is 0 Å². The first-order valence-corrected chi connectivity index (χ1v) is 7.29. The molecule has 0 spiro atoms. The molecule has 17 heavy (non-hydrogen) atoms. The number of fused-ring (bicyclic) bond motifs is 1. The van der Waals surface area contributed by atoms with E-state index in [9.17, 15) is 0 Å². The van der Waals surface area contributed by atoms with Gasteiger partial charge < -0.3 is 9.64 Å². The van der Waals surface area contributed by atoms with Crippen molar-refractivity contribution in [3.05, 3.63) is 22.7 Å². The molecule has 1 aromatic rings. The lowest BCUT2D eigenvalue weighted by Gasteiger charge is -2.33. The topological polar surface area (TPSA) is 12.5 Å². The summed E-state index contributed by atoms with van der Waals surface area (Å²) in [5.41, 5.74) is 1.27. The van der Waals surface area contributed by atoms with Crippen LogP contribution in [-0.2, 0) is 0 Å². The van der Waals surface area contributed by atoms with Crippen molar-refractivity contribution >= 4 is 21.6 Å². The van der Waals surface area contributed by atoms with Gasteiger partial charge in [-0.2, -0.15) is 0 Å². The third-order valence-electron chi connectivity index (χ3n) is 3.83. The second kappa shape index (κ2) is 4.89. The van der Waals surface area contributed by atoms with Crippen LogP contribution in [0.25, 0.3) is 0 Å². The lowest BCUT2D eigenvalue weighted by atomic mass is 10.1. The lowest BCUT2D eigenvalue weighted by Crippen LogP contribution is -2.36. The van der Waals surface area contributed by atoms with Crippen molar-refractivity contribution in [1.29, 1.82) is 0 Å². The molecule has 1 heterocycles. The molecule has 2 aliphatic rings.